The third-order valence-electron chi connectivity index (χ3n) is 2.44. The zero-order valence-electron chi connectivity index (χ0n) is 10.8. The van der Waals surface area contributed by atoms with Crippen molar-refractivity contribution in [2.45, 2.75) is 32.7 Å². The van der Waals surface area contributed by atoms with Gasteiger partial charge in [0.15, 0.2) is 5.82 Å². The molecule has 1 heterocycles. The van der Waals surface area contributed by atoms with Crippen LogP contribution >= 0.6 is 11.5 Å². The van der Waals surface area contributed by atoms with E-state index in [2.05, 4.69) is 30.1 Å². The van der Waals surface area contributed by atoms with E-state index in [1.54, 1.807) is 0 Å². The number of hydrogen-bond acceptors (Lipinski definition) is 5. The first-order chi connectivity index (χ1) is 8.49. The number of rotatable bonds is 3. The van der Waals surface area contributed by atoms with Crippen LogP contribution in [0.3, 0.4) is 0 Å². The van der Waals surface area contributed by atoms with E-state index >= 15 is 0 Å². The van der Waals surface area contributed by atoms with Gasteiger partial charge in [0.1, 0.15) is 5.75 Å². The largest absolute Gasteiger partial charge is 0.430 e. The summed E-state index contributed by atoms with van der Waals surface area (Å²) in [5.74, 6) is 1.56. The molecule has 1 aromatic heterocycles. The van der Waals surface area contributed by atoms with Crippen LogP contribution in [-0.2, 0) is 12.0 Å². The summed E-state index contributed by atoms with van der Waals surface area (Å²) < 4.78 is 9.96. The molecule has 0 spiro atoms. The van der Waals surface area contributed by atoms with Crippen molar-refractivity contribution in [2.75, 3.05) is 0 Å². The molecule has 0 bridgehead atoms. The van der Waals surface area contributed by atoms with Crippen LogP contribution in [0.5, 0.6) is 10.9 Å². The van der Waals surface area contributed by atoms with Crippen molar-refractivity contribution in [1.82, 2.24) is 9.36 Å². The molecule has 1 aromatic carbocycles. The fourth-order valence-electron chi connectivity index (χ4n) is 1.35. The molecule has 0 fully saturated rings. The minimum atomic E-state index is -0.0541. The highest BCUT2D eigenvalue weighted by atomic mass is 32.1. The van der Waals surface area contributed by atoms with Gasteiger partial charge in [-0.2, -0.15) is 9.36 Å². The first-order valence-electron chi connectivity index (χ1n) is 5.80. The molecule has 18 heavy (non-hydrogen) atoms. The predicted octanol–water partition coefficient (Wildman–Crippen LogP) is 3.09. The molecule has 4 nitrogen and oxygen atoms in total. The van der Waals surface area contributed by atoms with Crippen molar-refractivity contribution in [3.63, 3.8) is 0 Å². The summed E-state index contributed by atoms with van der Waals surface area (Å²) in [6, 6.07) is 7.67. The molecular weight excluding hydrogens is 246 g/mol. The summed E-state index contributed by atoms with van der Waals surface area (Å²) in [6.45, 7) is 6.77. The molecular formula is C13H17N3OS. The van der Waals surface area contributed by atoms with Crippen molar-refractivity contribution in [3.8, 4) is 10.9 Å². The molecule has 0 saturated carbocycles. The highest BCUT2D eigenvalue weighted by Crippen LogP contribution is 2.27. The summed E-state index contributed by atoms with van der Waals surface area (Å²) >= 11 is 1.27. The molecule has 0 aliphatic rings. The number of aromatic nitrogens is 2. The van der Waals surface area contributed by atoms with E-state index in [4.69, 9.17) is 10.5 Å². The molecule has 5 heteroatoms. The predicted molar refractivity (Wildman–Crippen MR) is 73.0 cm³/mol. The monoisotopic (exact) mass is 263 g/mol. The van der Waals surface area contributed by atoms with Crippen LogP contribution in [0.4, 0.5) is 0 Å². The first-order valence-corrected chi connectivity index (χ1v) is 6.57. The Morgan fingerprint density at radius 2 is 1.89 bits per heavy atom. The summed E-state index contributed by atoms with van der Waals surface area (Å²) in [7, 11) is 0. The molecule has 0 amide bonds. The number of ether oxygens (including phenoxy) is 1. The van der Waals surface area contributed by atoms with E-state index in [9.17, 15) is 0 Å². The van der Waals surface area contributed by atoms with Crippen molar-refractivity contribution < 1.29 is 4.74 Å². The zero-order chi connectivity index (χ0) is 13.2. The molecule has 0 radical (unpaired) electrons. The second kappa shape index (κ2) is 5.04. The van der Waals surface area contributed by atoms with Gasteiger partial charge in [-0.3, -0.25) is 0 Å². The minimum absolute atomic E-state index is 0.0541. The Morgan fingerprint density at radius 3 is 2.39 bits per heavy atom. The van der Waals surface area contributed by atoms with Gasteiger partial charge >= 0.3 is 0 Å². The Hall–Kier alpha value is -1.46. The molecule has 0 atom stereocenters. The van der Waals surface area contributed by atoms with Gasteiger partial charge in [-0.1, -0.05) is 32.9 Å². The lowest BCUT2D eigenvalue weighted by atomic mass is 9.96. The lowest BCUT2D eigenvalue weighted by Crippen LogP contribution is -2.12. The quantitative estimate of drug-likeness (QED) is 0.924. The van der Waals surface area contributed by atoms with Crippen LogP contribution < -0.4 is 10.5 Å². The van der Waals surface area contributed by atoms with Crippen LogP contribution in [0, 0.1) is 0 Å². The fourth-order valence-corrected chi connectivity index (χ4v) is 2.09. The standard InChI is InChI=1S/C13H17N3OS/c1-13(2,3)11-15-12(18-16-11)17-10-6-4-9(8-14)5-7-10/h4-7H,8,14H2,1-3H3. The summed E-state index contributed by atoms with van der Waals surface area (Å²) in [6.07, 6.45) is 0. The smallest absolute Gasteiger partial charge is 0.298 e. The second-order valence-electron chi connectivity index (χ2n) is 5.08. The average Bonchev–Trinajstić information content (AvgIpc) is 2.78. The maximum Gasteiger partial charge on any atom is 0.298 e. The van der Waals surface area contributed by atoms with E-state index < -0.39 is 0 Å². The van der Waals surface area contributed by atoms with Gasteiger partial charge in [-0.25, -0.2) is 0 Å². The Labute approximate surface area is 111 Å². The van der Waals surface area contributed by atoms with Gasteiger partial charge in [0.25, 0.3) is 5.19 Å². The number of nitrogens with zero attached hydrogens (tertiary/aromatic N) is 2. The van der Waals surface area contributed by atoms with E-state index in [1.807, 2.05) is 24.3 Å². The van der Waals surface area contributed by atoms with E-state index in [0.29, 0.717) is 11.7 Å². The van der Waals surface area contributed by atoms with Gasteiger partial charge in [-0.15, -0.1) is 0 Å². The first kappa shape index (κ1) is 13.0. The summed E-state index contributed by atoms with van der Waals surface area (Å²) in [5, 5.41) is 0.570. The third-order valence-corrected chi connectivity index (χ3v) is 3.04. The lowest BCUT2D eigenvalue weighted by Gasteiger charge is -2.11. The highest BCUT2D eigenvalue weighted by Gasteiger charge is 2.20. The minimum Gasteiger partial charge on any atom is -0.430 e. The number of benzene rings is 1. The van der Waals surface area contributed by atoms with Gasteiger partial charge in [0, 0.05) is 23.5 Å². The van der Waals surface area contributed by atoms with Crippen molar-refractivity contribution in [1.29, 1.82) is 0 Å². The topological polar surface area (TPSA) is 61.0 Å². The van der Waals surface area contributed by atoms with Crippen molar-refractivity contribution >= 4 is 11.5 Å². The van der Waals surface area contributed by atoms with Crippen LogP contribution in [0.25, 0.3) is 0 Å². The third kappa shape index (κ3) is 3.05. The number of nitrogens with two attached hydrogens (primary N) is 1. The average molecular weight is 263 g/mol. The zero-order valence-corrected chi connectivity index (χ0v) is 11.6. The Morgan fingerprint density at radius 1 is 1.22 bits per heavy atom. The second-order valence-corrected chi connectivity index (χ2v) is 5.80. The molecule has 0 unspecified atom stereocenters. The van der Waals surface area contributed by atoms with Crippen LogP contribution in [0.2, 0.25) is 0 Å². The van der Waals surface area contributed by atoms with Gasteiger partial charge in [0.2, 0.25) is 0 Å². The fraction of sp³-hybridized carbons (Fsp3) is 0.385. The molecule has 2 aromatic rings. The van der Waals surface area contributed by atoms with Gasteiger partial charge in [-0.05, 0) is 17.7 Å². The van der Waals surface area contributed by atoms with E-state index in [-0.39, 0.29) is 5.41 Å². The Balaban J connectivity index is 2.11. The maximum atomic E-state index is 5.66. The van der Waals surface area contributed by atoms with Crippen LogP contribution in [-0.4, -0.2) is 9.36 Å². The molecule has 0 aliphatic carbocycles. The SMILES string of the molecule is CC(C)(C)c1nsc(Oc2ccc(CN)cc2)n1. The summed E-state index contributed by atoms with van der Waals surface area (Å²) in [5.41, 5.74) is 6.57. The van der Waals surface area contributed by atoms with Gasteiger partial charge < -0.3 is 10.5 Å². The van der Waals surface area contributed by atoms with Crippen molar-refractivity contribution in [3.05, 3.63) is 35.7 Å². The van der Waals surface area contributed by atoms with Crippen molar-refractivity contribution in [2.24, 2.45) is 5.73 Å². The maximum absolute atomic E-state index is 5.66. The van der Waals surface area contributed by atoms with E-state index in [0.717, 1.165) is 17.1 Å². The molecule has 0 saturated heterocycles. The number of hydrogen-bond donors (Lipinski definition) is 1. The highest BCUT2D eigenvalue weighted by molar-refractivity contribution is 7.07. The molecule has 2 rings (SSSR count). The lowest BCUT2D eigenvalue weighted by molar-refractivity contribution is 0.468. The van der Waals surface area contributed by atoms with Crippen LogP contribution in [0.15, 0.2) is 24.3 Å². The Bertz CT molecular complexity index is 514. The summed E-state index contributed by atoms with van der Waals surface area (Å²) in [4.78, 5) is 4.38. The molecule has 2 N–H and O–H groups in total. The van der Waals surface area contributed by atoms with E-state index in [1.165, 1.54) is 11.5 Å². The normalized spacial score (nSPS) is 11.6. The molecule has 0 aliphatic heterocycles. The molecule has 96 valence electrons. The Kier molecular flexibility index (Phi) is 3.63. The van der Waals surface area contributed by atoms with Crippen LogP contribution in [0.1, 0.15) is 32.2 Å². The van der Waals surface area contributed by atoms with Gasteiger partial charge in [0.05, 0.1) is 0 Å².